The molecule has 1 amide bonds. The van der Waals surface area contributed by atoms with Crippen molar-refractivity contribution in [2.24, 2.45) is 11.3 Å². The molecule has 5 heteroatoms. The molecule has 2 aliphatic heterocycles. The van der Waals surface area contributed by atoms with Crippen molar-refractivity contribution < 1.29 is 4.79 Å². The lowest BCUT2D eigenvalue weighted by atomic mass is 9.73. The van der Waals surface area contributed by atoms with Gasteiger partial charge in [-0.25, -0.2) is 4.98 Å². The zero-order valence-electron chi connectivity index (χ0n) is 14.5. The van der Waals surface area contributed by atoms with Gasteiger partial charge in [-0.15, -0.1) is 11.3 Å². The number of carbonyl (C=O) groups excluding carboxylic acids is 1. The van der Waals surface area contributed by atoms with E-state index in [1.165, 1.54) is 25.1 Å². The van der Waals surface area contributed by atoms with Gasteiger partial charge in [0.05, 0.1) is 11.2 Å². The molecule has 4 nitrogen and oxygen atoms in total. The number of aromatic nitrogens is 1. The molecule has 0 aliphatic carbocycles. The smallest absolute Gasteiger partial charge is 0.222 e. The first kappa shape index (κ1) is 16.9. The fourth-order valence-electron chi connectivity index (χ4n) is 4.04. The molecular formula is C18H29N3OS. The monoisotopic (exact) mass is 335 g/mol. The largest absolute Gasteiger partial charge is 0.342 e. The highest BCUT2D eigenvalue weighted by molar-refractivity contribution is 7.07. The third-order valence-corrected chi connectivity index (χ3v) is 5.97. The van der Waals surface area contributed by atoms with Crippen molar-refractivity contribution in [3.63, 3.8) is 0 Å². The fourth-order valence-corrected chi connectivity index (χ4v) is 4.59. The first-order valence-electron chi connectivity index (χ1n) is 8.94. The van der Waals surface area contributed by atoms with Crippen molar-refractivity contribution in [2.45, 2.75) is 52.5 Å². The SMILES string of the molecule is CC(C)CCN1C[C@]2(CCCN(Cc3cscn3)C2)CCC1=O. The van der Waals surface area contributed by atoms with Gasteiger partial charge in [0.2, 0.25) is 5.91 Å². The van der Waals surface area contributed by atoms with E-state index in [1.807, 2.05) is 5.51 Å². The van der Waals surface area contributed by atoms with Crippen LogP contribution in [0.5, 0.6) is 0 Å². The zero-order valence-corrected chi connectivity index (χ0v) is 15.3. The van der Waals surface area contributed by atoms with Crippen molar-refractivity contribution in [1.82, 2.24) is 14.8 Å². The van der Waals surface area contributed by atoms with Crippen LogP contribution in [-0.4, -0.2) is 46.9 Å². The van der Waals surface area contributed by atoms with Gasteiger partial charge in [0.15, 0.2) is 0 Å². The first-order valence-corrected chi connectivity index (χ1v) is 9.88. The molecule has 3 heterocycles. The number of piperidine rings is 2. The Morgan fingerprint density at radius 1 is 1.35 bits per heavy atom. The lowest BCUT2D eigenvalue weighted by molar-refractivity contribution is -0.139. The van der Waals surface area contributed by atoms with Crippen molar-refractivity contribution in [2.75, 3.05) is 26.2 Å². The topological polar surface area (TPSA) is 36.4 Å². The maximum Gasteiger partial charge on any atom is 0.222 e. The number of hydrogen-bond donors (Lipinski definition) is 0. The first-order chi connectivity index (χ1) is 11.1. The van der Waals surface area contributed by atoms with Crippen LogP contribution in [0, 0.1) is 11.3 Å². The number of rotatable bonds is 5. The number of amides is 1. The Balaban J connectivity index is 1.61. The standard InChI is InChI=1S/C18H29N3OS/c1-15(2)5-9-21-13-18(7-4-17(21)22)6-3-8-20(12-18)10-16-11-23-14-19-16/h11,14-15H,3-10,12-13H2,1-2H3/t18-/m1/s1. The Bertz CT molecular complexity index is 516. The summed E-state index contributed by atoms with van der Waals surface area (Å²) < 4.78 is 0. The van der Waals surface area contributed by atoms with Crippen molar-refractivity contribution in [3.8, 4) is 0 Å². The van der Waals surface area contributed by atoms with Crippen molar-refractivity contribution in [3.05, 3.63) is 16.6 Å². The van der Waals surface area contributed by atoms with Crippen LogP contribution in [0.4, 0.5) is 0 Å². The van der Waals surface area contributed by atoms with E-state index in [4.69, 9.17) is 0 Å². The van der Waals surface area contributed by atoms with E-state index in [-0.39, 0.29) is 0 Å². The Morgan fingerprint density at radius 3 is 2.96 bits per heavy atom. The molecule has 128 valence electrons. The molecule has 2 aliphatic rings. The minimum atomic E-state index is 0.319. The molecule has 0 radical (unpaired) electrons. The Labute approximate surface area is 143 Å². The second-order valence-corrected chi connectivity index (χ2v) is 8.51. The van der Waals surface area contributed by atoms with Crippen LogP contribution in [0.25, 0.3) is 0 Å². The Hall–Kier alpha value is -0.940. The van der Waals surface area contributed by atoms with Crippen LogP contribution in [0.3, 0.4) is 0 Å². The van der Waals surface area contributed by atoms with E-state index in [0.29, 0.717) is 17.2 Å². The van der Waals surface area contributed by atoms with Gasteiger partial charge in [0.25, 0.3) is 0 Å². The van der Waals surface area contributed by atoms with Crippen molar-refractivity contribution >= 4 is 17.2 Å². The van der Waals surface area contributed by atoms with E-state index >= 15 is 0 Å². The fraction of sp³-hybridized carbons (Fsp3) is 0.778. The highest BCUT2D eigenvalue weighted by atomic mass is 32.1. The molecule has 2 saturated heterocycles. The minimum Gasteiger partial charge on any atom is -0.342 e. The second kappa shape index (κ2) is 7.31. The van der Waals surface area contributed by atoms with Crippen LogP contribution >= 0.6 is 11.3 Å². The summed E-state index contributed by atoms with van der Waals surface area (Å²) in [5.41, 5.74) is 3.43. The second-order valence-electron chi connectivity index (χ2n) is 7.79. The Kier molecular flexibility index (Phi) is 5.37. The summed E-state index contributed by atoms with van der Waals surface area (Å²) in [6.07, 6.45) is 5.44. The number of thiazole rings is 1. The van der Waals surface area contributed by atoms with Gasteiger partial charge in [0, 0.05) is 43.4 Å². The summed E-state index contributed by atoms with van der Waals surface area (Å²) in [5, 5.41) is 2.15. The zero-order chi connectivity index (χ0) is 16.3. The number of carbonyl (C=O) groups is 1. The molecule has 0 bridgehead atoms. The van der Waals surface area contributed by atoms with Crippen LogP contribution in [0.2, 0.25) is 0 Å². The van der Waals surface area contributed by atoms with E-state index < -0.39 is 0 Å². The van der Waals surface area contributed by atoms with Crippen LogP contribution < -0.4 is 0 Å². The van der Waals surface area contributed by atoms with E-state index in [9.17, 15) is 4.79 Å². The van der Waals surface area contributed by atoms with E-state index in [1.54, 1.807) is 11.3 Å². The molecule has 0 aromatic carbocycles. The summed E-state index contributed by atoms with van der Waals surface area (Å²) in [5.74, 6) is 1.03. The molecule has 1 aromatic heterocycles. The molecule has 2 fully saturated rings. The van der Waals surface area contributed by atoms with Gasteiger partial charge < -0.3 is 4.90 Å². The van der Waals surface area contributed by atoms with Gasteiger partial charge in [-0.1, -0.05) is 13.8 Å². The van der Waals surface area contributed by atoms with Crippen molar-refractivity contribution in [1.29, 1.82) is 0 Å². The van der Waals surface area contributed by atoms with Gasteiger partial charge in [-0.2, -0.15) is 0 Å². The van der Waals surface area contributed by atoms with E-state index in [2.05, 4.69) is 34.0 Å². The molecule has 0 saturated carbocycles. The minimum absolute atomic E-state index is 0.319. The summed E-state index contributed by atoms with van der Waals surface area (Å²) >= 11 is 1.67. The summed E-state index contributed by atoms with van der Waals surface area (Å²) in [6.45, 7) is 9.62. The molecule has 1 spiro atoms. The third-order valence-electron chi connectivity index (χ3n) is 5.33. The quantitative estimate of drug-likeness (QED) is 0.827. The molecule has 1 atom stereocenters. The normalized spacial score (nSPS) is 26.4. The molecule has 1 aromatic rings. The Morgan fingerprint density at radius 2 is 2.22 bits per heavy atom. The van der Waals surface area contributed by atoms with Gasteiger partial charge in [-0.05, 0) is 38.1 Å². The molecule has 0 N–H and O–H groups in total. The van der Waals surface area contributed by atoms with Crippen LogP contribution in [0.15, 0.2) is 10.9 Å². The highest BCUT2D eigenvalue weighted by Gasteiger charge is 2.41. The molecule has 23 heavy (non-hydrogen) atoms. The lowest BCUT2D eigenvalue weighted by Gasteiger charge is -2.48. The van der Waals surface area contributed by atoms with Gasteiger partial charge in [0.1, 0.15) is 0 Å². The lowest BCUT2D eigenvalue weighted by Crippen LogP contribution is -2.54. The average Bonchev–Trinajstić information content (AvgIpc) is 3.02. The third kappa shape index (κ3) is 4.32. The number of hydrogen-bond acceptors (Lipinski definition) is 4. The highest BCUT2D eigenvalue weighted by Crippen LogP contribution is 2.39. The summed E-state index contributed by atoms with van der Waals surface area (Å²) in [6, 6.07) is 0. The van der Waals surface area contributed by atoms with Gasteiger partial charge in [-0.3, -0.25) is 9.69 Å². The molecular weight excluding hydrogens is 306 g/mol. The maximum absolute atomic E-state index is 12.3. The number of likely N-dealkylation sites (tertiary alicyclic amines) is 2. The predicted molar refractivity (Wildman–Crippen MR) is 94.3 cm³/mol. The maximum atomic E-state index is 12.3. The molecule has 3 rings (SSSR count). The van der Waals surface area contributed by atoms with E-state index in [0.717, 1.165) is 45.4 Å². The van der Waals surface area contributed by atoms with Crippen LogP contribution in [-0.2, 0) is 11.3 Å². The summed E-state index contributed by atoms with van der Waals surface area (Å²) in [4.78, 5) is 21.4. The van der Waals surface area contributed by atoms with Gasteiger partial charge >= 0.3 is 0 Å². The van der Waals surface area contributed by atoms with Crippen LogP contribution in [0.1, 0.15) is 51.6 Å². The number of nitrogens with zero attached hydrogens (tertiary/aromatic N) is 3. The predicted octanol–water partition coefficient (Wildman–Crippen LogP) is 3.39. The summed E-state index contributed by atoms with van der Waals surface area (Å²) in [7, 11) is 0. The molecule has 0 unspecified atom stereocenters. The average molecular weight is 336 g/mol.